The van der Waals surface area contributed by atoms with Crippen LogP contribution in [0.15, 0.2) is 133 Å². The van der Waals surface area contributed by atoms with Crippen molar-refractivity contribution in [3.05, 3.63) is 145 Å². The molecule has 0 saturated heterocycles. The van der Waals surface area contributed by atoms with Crippen LogP contribution in [0.5, 0.6) is 23.0 Å². The zero-order valence-electron chi connectivity index (χ0n) is 26.2. The average Bonchev–Trinajstić information content (AvgIpc) is 3.14. The molecule has 0 unspecified atom stereocenters. The van der Waals surface area contributed by atoms with Gasteiger partial charge in [-0.25, -0.2) is 19.9 Å². The van der Waals surface area contributed by atoms with Gasteiger partial charge in [-0.05, 0) is 121 Å². The molecule has 0 aliphatic heterocycles. The number of nitrogens with zero attached hydrogens (tertiary/aromatic N) is 4. The van der Waals surface area contributed by atoms with Gasteiger partial charge in [0.05, 0.1) is 44.9 Å². The lowest BCUT2D eigenvalue weighted by Crippen LogP contribution is -2.07. The number of phenols is 4. The molecule has 4 N–H and O–H groups in total. The van der Waals surface area contributed by atoms with Gasteiger partial charge in [0, 0.05) is 22.3 Å². The van der Waals surface area contributed by atoms with Gasteiger partial charge in [0.25, 0.3) is 0 Å². The molecule has 0 amide bonds. The van der Waals surface area contributed by atoms with Crippen molar-refractivity contribution in [2.45, 2.75) is 0 Å². The molecule has 0 spiro atoms. The van der Waals surface area contributed by atoms with E-state index in [2.05, 4.69) is 0 Å². The molecule has 9 nitrogen and oxygen atoms in total. The molecule has 2 heterocycles. The molecule has 0 saturated carbocycles. The second-order valence-corrected chi connectivity index (χ2v) is 11.7. The van der Waals surface area contributed by atoms with Crippen LogP contribution < -0.4 is 0 Å². The number of fused-ring (bicyclic) bond motifs is 2. The standard InChI is InChI=1S/C41H26N4O5/c46-27-15-7-23(8-16-27)35-37(25-11-19-29(48)20-12-25)44-39-31(3-1-5-33(39)42-35)41(50)32-4-2-6-34-40(32)45-38(26-13-21-30(49)22-14-26)36(43-34)24-9-17-28(47)18-10-24/h1-22,46-49H. The van der Waals surface area contributed by atoms with E-state index >= 15 is 0 Å². The van der Waals surface area contributed by atoms with Crippen LogP contribution in [-0.2, 0) is 0 Å². The second-order valence-electron chi connectivity index (χ2n) is 11.7. The number of carbonyl (C=O) groups is 1. The van der Waals surface area contributed by atoms with E-state index in [9.17, 15) is 25.2 Å². The third-order valence-corrected chi connectivity index (χ3v) is 8.44. The molecule has 0 fully saturated rings. The number of phenolic OH excluding ortho intramolecular Hbond substituents is 4. The van der Waals surface area contributed by atoms with Crippen molar-refractivity contribution in [3.63, 3.8) is 0 Å². The number of aromatic hydroxyl groups is 4. The van der Waals surface area contributed by atoms with Crippen molar-refractivity contribution >= 4 is 27.9 Å². The molecule has 0 aliphatic carbocycles. The Hall–Kier alpha value is -7.13. The normalized spacial score (nSPS) is 11.2. The van der Waals surface area contributed by atoms with Crippen LogP contribution in [0.1, 0.15) is 15.9 Å². The first kappa shape index (κ1) is 30.2. The Bertz CT molecular complexity index is 2390. The SMILES string of the molecule is O=C(c1cccc2nc(-c3ccc(O)cc3)c(-c3ccc(O)cc3)nc12)c1cccc2nc(-c3ccc(O)cc3)c(-c3ccc(O)cc3)nc12. The highest BCUT2D eigenvalue weighted by molar-refractivity contribution is 6.20. The summed E-state index contributed by atoms with van der Waals surface area (Å²) in [6.45, 7) is 0. The van der Waals surface area contributed by atoms with Gasteiger partial charge in [-0.2, -0.15) is 0 Å². The third kappa shape index (κ3) is 5.48. The zero-order valence-corrected chi connectivity index (χ0v) is 26.2. The van der Waals surface area contributed by atoms with E-state index in [4.69, 9.17) is 19.9 Å². The molecule has 6 aromatic carbocycles. The maximum absolute atomic E-state index is 14.6. The number of benzene rings is 6. The van der Waals surface area contributed by atoms with Crippen LogP contribution in [0.2, 0.25) is 0 Å². The number of carbonyl (C=O) groups excluding carboxylic acids is 1. The Morgan fingerprint density at radius 2 is 0.640 bits per heavy atom. The first-order valence-corrected chi connectivity index (χ1v) is 15.7. The number of rotatable bonds is 6. The van der Waals surface area contributed by atoms with Crippen molar-refractivity contribution in [1.29, 1.82) is 0 Å². The number of hydrogen-bond acceptors (Lipinski definition) is 9. The topological polar surface area (TPSA) is 150 Å². The van der Waals surface area contributed by atoms with Gasteiger partial charge in [-0.3, -0.25) is 4.79 Å². The van der Waals surface area contributed by atoms with Gasteiger partial charge >= 0.3 is 0 Å². The Morgan fingerprint density at radius 1 is 0.360 bits per heavy atom. The minimum absolute atomic E-state index is 0.0989. The van der Waals surface area contributed by atoms with E-state index in [1.807, 2.05) is 0 Å². The monoisotopic (exact) mass is 654 g/mol. The lowest BCUT2D eigenvalue weighted by molar-refractivity contribution is 0.104. The Balaban J connectivity index is 1.33. The highest BCUT2D eigenvalue weighted by Gasteiger charge is 2.23. The smallest absolute Gasteiger partial charge is 0.197 e. The minimum Gasteiger partial charge on any atom is -0.508 e. The van der Waals surface area contributed by atoms with E-state index in [1.54, 1.807) is 133 Å². The number of hydrogen-bond donors (Lipinski definition) is 4. The summed E-state index contributed by atoms with van der Waals surface area (Å²) in [5.74, 6) is 0.101. The van der Waals surface area contributed by atoms with E-state index in [1.165, 1.54) is 0 Å². The summed E-state index contributed by atoms with van der Waals surface area (Å²) in [5.41, 5.74) is 7.25. The van der Waals surface area contributed by atoms with E-state index in [-0.39, 0.29) is 28.8 Å². The van der Waals surface area contributed by atoms with Crippen molar-refractivity contribution in [2.24, 2.45) is 0 Å². The fourth-order valence-electron chi connectivity index (χ4n) is 5.95. The summed E-state index contributed by atoms with van der Waals surface area (Å²) in [6, 6.07) is 37.0. The van der Waals surface area contributed by atoms with Gasteiger partial charge in [0.2, 0.25) is 0 Å². The maximum atomic E-state index is 14.6. The van der Waals surface area contributed by atoms with Gasteiger partial charge in [0.15, 0.2) is 5.78 Å². The van der Waals surface area contributed by atoms with Crippen LogP contribution in [0.3, 0.4) is 0 Å². The van der Waals surface area contributed by atoms with Gasteiger partial charge < -0.3 is 20.4 Å². The quantitative estimate of drug-likeness (QED) is 0.130. The zero-order chi connectivity index (χ0) is 34.4. The van der Waals surface area contributed by atoms with Crippen molar-refractivity contribution in [2.75, 3.05) is 0 Å². The number of para-hydroxylation sites is 2. The summed E-state index contributed by atoms with van der Waals surface area (Å²) in [6.07, 6.45) is 0. The van der Waals surface area contributed by atoms with Gasteiger partial charge in [0.1, 0.15) is 34.0 Å². The minimum atomic E-state index is -0.326. The molecule has 9 heteroatoms. The van der Waals surface area contributed by atoms with E-state index in [0.717, 1.165) is 0 Å². The van der Waals surface area contributed by atoms with Crippen LogP contribution in [-0.4, -0.2) is 46.1 Å². The van der Waals surface area contributed by atoms with Crippen LogP contribution in [0.4, 0.5) is 0 Å². The van der Waals surface area contributed by atoms with Crippen molar-refractivity contribution < 1.29 is 25.2 Å². The molecule has 0 aliphatic rings. The van der Waals surface area contributed by atoms with Gasteiger partial charge in [-0.1, -0.05) is 12.1 Å². The lowest BCUT2D eigenvalue weighted by Gasteiger charge is -2.14. The third-order valence-electron chi connectivity index (χ3n) is 8.44. The largest absolute Gasteiger partial charge is 0.508 e. The Morgan fingerprint density at radius 3 is 0.940 bits per heavy atom. The first-order valence-electron chi connectivity index (χ1n) is 15.7. The van der Waals surface area contributed by atoms with E-state index < -0.39 is 0 Å². The fraction of sp³-hybridized carbons (Fsp3) is 0. The summed E-state index contributed by atoms with van der Waals surface area (Å²) in [5, 5.41) is 39.8. The lowest BCUT2D eigenvalue weighted by atomic mass is 9.98. The molecule has 8 rings (SSSR count). The molecule has 240 valence electrons. The maximum Gasteiger partial charge on any atom is 0.197 e. The average molecular weight is 655 g/mol. The molecule has 8 aromatic rings. The van der Waals surface area contributed by atoms with Crippen molar-refractivity contribution in [3.8, 4) is 68.0 Å². The summed E-state index contributed by atoms with van der Waals surface area (Å²) in [4.78, 5) is 34.6. The predicted molar refractivity (Wildman–Crippen MR) is 191 cm³/mol. The highest BCUT2D eigenvalue weighted by atomic mass is 16.3. The molecular weight excluding hydrogens is 628 g/mol. The molecule has 0 radical (unpaired) electrons. The summed E-state index contributed by atoms with van der Waals surface area (Å²) in [7, 11) is 0. The molecule has 50 heavy (non-hydrogen) atoms. The molecule has 0 atom stereocenters. The number of aromatic nitrogens is 4. The summed E-state index contributed by atoms with van der Waals surface area (Å²) < 4.78 is 0. The Labute approximate surface area is 285 Å². The first-order chi connectivity index (χ1) is 24.3. The Kier molecular flexibility index (Phi) is 7.34. The predicted octanol–water partition coefficient (Wildman–Crippen LogP) is 8.29. The van der Waals surface area contributed by atoms with Crippen LogP contribution >= 0.6 is 0 Å². The van der Waals surface area contributed by atoms with Crippen LogP contribution in [0, 0.1) is 0 Å². The highest BCUT2D eigenvalue weighted by Crippen LogP contribution is 2.36. The van der Waals surface area contributed by atoms with Gasteiger partial charge in [-0.15, -0.1) is 0 Å². The van der Waals surface area contributed by atoms with Crippen molar-refractivity contribution in [1.82, 2.24) is 19.9 Å². The molecular formula is C41H26N4O5. The molecule has 0 bridgehead atoms. The number of ketones is 1. The second kappa shape index (κ2) is 12.1. The molecule has 2 aromatic heterocycles. The van der Waals surface area contributed by atoms with E-state index in [0.29, 0.717) is 78.2 Å². The fourth-order valence-corrected chi connectivity index (χ4v) is 5.95. The summed E-state index contributed by atoms with van der Waals surface area (Å²) >= 11 is 0. The van der Waals surface area contributed by atoms with Crippen LogP contribution in [0.25, 0.3) is 67.1 Å².